The molecular formula is C18H22F3N3O3. The molecule has 0 aromatic carbocycles. The Morgan fingerprint density at radius 2 is 2.00 bits per heavy atom. The fourth-order valence-electron chi connectivity index (χ4n) is 4.63. The molecule has 27 heavy (non-hydrogen) atoms. The van der Waals surface area contributed by atoms with Crippen molar-refractivity contribution < 1.29 is 22.8 Å². The van der Waals surface area contributed by atoms with E-state index in [4.69, 9.17) is 5.73 Å². The number of nitrogens with two attached hydrogens (primary N) is 1. The van der Waals surface area contributed by atoms with Crippen LogP contribution in [0.25, 0.3) is 0 Å². The number of alkyl halides is 3. The van der Waals surface area contributed by atoms with Gasteiger partial charge in [-0.2, -0.15) is 13.2 Å². The number of halogens is 3. The molecule has 2 amide bonds. The zero-order valence-corrected chi connectivity index (χ0v) is 14.9. The van der Waals surface area contributed by atoms with Gasteiger partial charge in [0.2, 0.25) is 5.91 Å². The lowest BCUT2D eigenvalue weighted by molar-refractivity contribution is -0.144. The third-order valence-electron chi connectivity index (χ3n) is 5.86. The van der Waals surface area contributed by atoms with Gasteiger partial charge in [-0.25, -0.2) is 0 Å². The maximum absolute atomic E-state index is 13.2. The zero-order valence-electron chi connectivity index (χ0n) is 14.9. The summed E-state index contributed by atoms with van der Waals surface area (Å²) in [6.45, 7) is 1.02. The number of hydrogen-bond donors (Lipinski definition) is 2. The maximum Gasteiger partial charge on any atom is 0.431 e. The molecule has 0 radical (unpaired) electrons. The number of pyridine rings is 1. The van der Waals surface area contributed by atoms with Crippen molar-refractivity contribution in [1.82, 2.24) is 9.88 Å². The molecule has 2 aliphatic carbocycles. The summed E-state index contributed by atoms with van der Waals surface area (Å²) in [5.74, 6) is -0.316. The fraction of sp³-hybridized carbons (Fsp3) is 0.611. The second-order valence-corrected chi connectivity index (χ2v) is 7.58. The summed E-state index contributed by atoms with van der Waals surface area (Å²) < 4.78 is 39.9. The number of carbonyl (C=O) groups is 2. The van der Waals surface area contributed by atoms with Gasteiger partial charge in [-0.05, 0) is 56.1 Å². The van der Waals surface area contributed by atoms with E-state index in [0.717, 1.165) is 25.3 Å². The summed E-state index contributed by atoms with van der Waals surface area (Å²) in [5.41, 5.74) is 1.94. The third-order valence-corrected chi connectivity index (χ3v) is 5.86. The Kier molecular flexibility index (Phi) is 5.05. The molecule has 4 atom stereocenters. The zero-order chi connectivity index (χ0) is 19.9. The SMILES string of the molecule is C[C@@H](NC(=O)Cn1c(C(F)(F)F)ccc(C(N)=O)c1=O)[C@H]1C[C@H]2CC[C@H]1C2. The summed E-state index contributed by atoms with van der Waals surface area (Å²) in [6.07, 6.45) is -0.369. The Morgan fingerprint density at radius 1 is 1.30 bits per heavy atom. The van der Waals surface area contributed by atoms with Gasteiger partial charge in [0, 0.05) is 6.04 Å². The number of rotatable bonds is 5. The van der Waals surface area contributed by atoms with E-state index >= 15 is 0 Å². The second-order valence-electron chi connectivity index (χ2n) is 7.58. The van der Waals surface area contributed by atoms with Gasteiger partial charge in [0.1, 0.15) is 17.8 Å². The average Bonchev–Trinajstić information content (AvgIpc) is 3.18. The minimum atomic E-state index is -4.84. The van der Waals surface area contributed by atoms with Crippen LogP contribution in [0.1, 0.15) is 48.7 Å². The van der Waals surface area contributed by atoms with E-state index in [2.05, 4.69) is 5.32 Å². The van der Waals surface area contributed by atoms with E-state index < -0.39 is 41.4 Å². The molecule has 2 bridgehead atoms. The maximum atomic E-state index is 13.2. The molecule has 1 heterocycles. The predicted octanol–water partition coefficient (Wildman–Crippen LogP) is 1.91. The van der Waals surface area contributed by atoms with Gasteiger partial charge in [-0.1, -0.05) is 6.42 Å². The number of carbonyl (C=O) groups excluding carboxylic acids is 2. The van der Waals surface area contributed by atoms with Gasteiger partial charge < -0.3 is 11.1 Å². The van der Waals surface area contributed by atoms with Gasteiger partial charge >= 0.3 is 6.18 Å². The largest absolute Gasteiger partial charge is 0.431 e. The smallest absolute Gasteiger partial charge is 0.365 e. The first-order valence-electron chi connectivity index (χ1n) is 8.98. The molecule has 6 nitrogen and oxygen atoms in total. The Bertz CT molecular complexity index is 818. The quantitative estimate of drug-likeness (QED) is 0.811. The van der Waals surface area contributed by atoms with Crippen molar-refractivity contribution in [3.05, 3.63) is 33.7 Å². The van der Waals surface area contributed by atoms with Crippen LogP contribution in [-0.2, 0) is 17.5 Å². The first-order valence-corrected chi connectivity index (χ1v) is 8.98. The molecule has 3 rings (SSSR count). The van der Waals surface area contributed by atoms with Gasteiger partial charge in [-0.3, -0.25) is 19.0 Å². The summed E-state index contributed by atoms with van der Waals surface area (Å²) in [7, 11) is 0. The topological polar surface area (TPSA) is 94.2 Å². The first-order chi connectivity index (χ1) is 12.6. The predicted molar refractivity (Wildman–Crippen MR) is 90.8 cm³/mol. The van der Waals surface area contributed by atoms with Gasteiger partial charge in [0.05, 0.1) is 0 Å². The molecule has 0 aliphatic heterocycles. The van der Waals surface area contributed by atoms with Crippen LogP contribution in [-0.4, -0.2) is 22.4 Å². The van der Waals surface area contributed by atoms with Crippen molar-refractivity contribution >= 4 is 11.8 Å². The van der Waals surface area contributed by atoms with Crippen LogP contribution in [0.2, 0.25) is 0 Å². The lowest BCUT2D eigenvalue weighted by atomic mass is 9.84. The van der Waals surface area contributed by atoms with E-state index in [1.54, 1.807) is 0 Å². The summed E-state index contributed by atoms with van der Waals surface area (Å²) >= 11 is 0. The highest BCUT2D eigenvalue weighted by Gasteiger charge is 2.42. The van der Waals surface area contributed by atoms with Crippen molar-refractivity contribution in [2.24, 2.45) is 23.5 Å². The molecule has 1 aromatic rings. The highest BCUT2D eigenvalue weighted by atomic mass is 19.4. The average molecular weight is 385 g/mol. The molecule has 2 saturated carbocycles. The normalized spacial score (nSPS) is 25.4. The van der Waals surface area contributed by atoms with E-state index in [0.29, 0.717) is 23.8 Å². The number of hydrogen-bond acceptors (Lipinski definition) is 3. The van der Waals surface area contributed by atoms with E-state index in [1.165, 1.54) is 6.42 Å². The molecule has 148 valence electrons. The van der Waals surface area contributed by atoms with Gasteiger partial charge in [0.25, 0.3) is 11.5 Å². The number of primary amides is 1. The van der Waals surface area contributed by atoms with Crippen molar-refractivity contribution in [2.45, 2.75) is 51.4 Å². The van der Waals surface area contributed by atoms with Gasteiger partial charge in [0.15, 0.2) is 0 Å². The third kappa shape index (κ3) is 3.86. The standard InChI is InChI=1S/C18H22F3N3O3/c1-9(13-7-10-2-3-11(13)6-10)23-15(25)8-24-14(18(19,20)21)5-4-12(16(22)26)17(24)27/h4-5,9-11,13H,2-3,6-8H2,1H3,(H2,22,26)(H,23,25)/t9-,10+,11+,13-/m1/s1. The van der Waals surface area contributed by atoms with Crippen LogP contribution in [0.4, 0.5) is 13.2 Å². The molecular weight excluding hydrogens is 363 g/mol. The van der Waals surface area contributed by atoms with Crippen molar-refractivity contribution in [3.8, 4) is 0 Å². The molecule has 9 heteroatoms. The molecule has 2 fully saturated rings. The van der Waals surface area contributed by atoms with Gasteiger partial charge in [-0.15, -0.1) is 0 Å². The number of nitrogens with one attached hydrogen (secondary N) is 1. The lowest BCUT2D eigenvalue weighted by Crippen LogP contribution is -2.44. The molecule has 2 aliphatic rings. The number of aromatic nitrogens is 1. The van der Waals surface area contributed by atoms with Crippen molar-refractivity contribution in [3.63, 3.8) is 0 Å². The molecule has 0 spiro atoms. The van der Waals surface area contributed by atoms with Crippen molar-refractivity contribution in [1.29, 1.82) is 0 Å². The first kappa shape index (κ1) is 19.4. The van der Waals surface area contributed by atoms with Crippen LogP contribution in [0.15, 0.2) is 16.9 Å². The minimum Gasteiger partial charge on any atom is -0.365 e. The number of nitrogens with zero attached hydrogens (tertiary/aromatic N) is 1. The summed E-state index contributed by atoms with van der Waals surface area (Å²) in [5, 5.41) is 2.73. The highest BCUT2D eigenvalue weighted by molar-refractivity contribution is 5.92. The summed E-state index contributed by atoms with van der Waals surface area (Å²) in [4.78, 5) is 35.9. The van der Waals surface area contributed by atoms with Crippen LogP contribution in [0.5, 0.6) is 0 Å². The van der Waals surface area contributed by atoms with Crippen LogP contribution in [0, 0.1) is 17.8 Å². The number of fused-ring (bicyclic) bond motifs is 2. The van der Waals surface area contributed by atoms with Crippen LogP contribution in [0.3, 0.4) is 0 Å². The Balaban J connectivity index is 1.79. The van der Waals surface area contributed by atoms with E-state index in [1.807, 2.05) is 6.92 Å². The number of amides is 2. The highest BCUT2D eigenvalue weighted by Crippen LogP contribution is 2.49. The fourth-order valence-corrected chi connectivity index (χ4v) is 4.63. The summed E-state index contributed by atoms with van der Waals surface area (Å²) in [6, 6.07) is 1.14. The molecule has 1 aromatic heterocycles. The molecule has 3 N–H and O–H groups in total. The van der Waals surface area contributed by atoms with E-state index in [9.17, 15) is 27.6 Å². The van der Waals surface area contributed by atoms with E-state index in [-0.39, 0.29) is 10.6 Å². The molecule has 0 unspecified atom stereocenters. The lowest BCUT2D eigenvalue weighted by Gasteiger charge is -2.28. The Labute approximate surface area is 153 Å². The Hall–Kier alpha value is -2.32. The van der Waals surface area contributed by atoms with Crippen molar-refractivity contribution in [2.75, 3.05) is 0 Å². The van der Waals surface area contributed by atoms with Crippen LogP contribution < -0.4 is 16.6 Å². The van der Waals surface area contributed by atoms with Crippen LogP contribution >= 0.6 is 0 Å². The molecule has 0 saturated heterocycles. The Morgan fingerprint density at radius 3 is 2.52 bits per heavy atom. The minimum absolute atomic E-state index is 0.183. The second kappa shape index (κ2) is 7.01. The monoisotopic (exact) mass is 385 g/mol.